The van der Waals surface area contributed by atoms with Gasteiger partial charge in [0.15, 0.2) is 11.8 Å². The van der Waals surface area contributed by atoms with E-state index in [2.05, 4.69) is 0 Å². The Kier molecular flexibility index (Phi) is 6.83. The van der Waals surface area contributed by atoms with Crippen LogP contribution >= 0.6 is 0 Å². The molecule has 1 heterocycles. The van der Waals surface area contributed by atoms with Gasteiger partial charge in [0.05, 0.1) is 0 Å². The number of esters is 1. The van der Waals surface area contributed by atoms with Gasteiger partial charge in [-0.15, -0.1) is 0 Å². The number of cyclic esters (lactones) is 1. The van der Waals surface area contributed by atoms with Gasteiger partial charge in [0.25, 0.3) is 0 Å². The molecule has 2 fully saturated rings. The molecular weight excluding hydrogens is 402 g/mol. The van der Waals surface area contributed by atoms with Crippen molar-refractivity contribution in [2.24, 2.45) is 5.92 Å². The number of phenols is 1. The van der Waals surface area contributed by atoms with Crippen molar-refractivity contribution in [2.75, 3.05) is 11.4 Å². The van der Waals surface area contributed by atoms with Crippen LogP contribution < -0.4 is 4.90 Å². The first-order valence-electron chi connectivity index (χ1n) is 11.9. The topological polar surface area (TPSA) is 66.8 Å². The first-order chi connectivity index (χ1) is 15.5. The van der Waals surface area contributed by atoms with Crippen molar-refractivity contribution in [2.45, 2.75) is 69.9 Å². The molecular formula is C27H33NO4. The number of phenolic OH excluding ortho intramolecular Hbond substituents is 1. The molecule has 0 aromatic heterocycles. The van der Waals surface area contributed by atoms with Crippen molar-refractivity contribution >= 4 is 17.4 Å². The number of ether oxygens (including phenoxy) is 1. The average molecular weight is 436 g/mol. The van der Waals surface area contributed by atoms with Crippen LogP contribution in [0.15, 0.2) is 54.6 Å². The minimum Gasteiger partial charge on any atom is -0.508 e. The normalized spacial score (nSPS) is 23.8. The van der Waals surface area contributed by atoms with Crippen LogP contribution in [0.3, 0.4) is 0 Å². The van der Waals surface area contributed by atoms with Crippen LogP contribution in [0.1, 0.15) is 57.4 Å². The lowest BCUT2D eigenvalue weighted by Crippen LogP contribution is -2.59. The third kappa shape index (κ3) is 4.67. The number of Topliss-reactive ketones (excluding diaryl/α,β-unsaturated/α-hetero) is 1. The zero-order valence-electron chi connectivity index (χ0n) is 18.8. The zero-order valence-corrected chi connectivity index (χ0v) is 18.8. The van der Waals surface area contributed by atoms with Gasteiger partial charge >= 0.3 is 5.97 Å². The number of hydrogen-bond acceptors (Lipinski definition) is 5. The van der Waals surface area contributed by atoms with E-state index in [1.807, 2.05) is 54.3 Å². The maximum atomic E-state index is 13.5. The van der Waals surface area contributed by atoms with Gasteiger partial charge < -0.3 is 14.7 Å². The van der Waals surface area contributed by atoms with Crippen LogP contribution in [0.5, 0.6) is 5.75 Å². The second kappa shape index (κ2) is 9.76. The van der Waals surface area contributed by atoms with Gasteiger partial charge in [-0.05, 0) is 67.9 Å². The first kappa shape index (κ1) is 22.4. The summed E-state index contributed by atoms with van der Waals surface area (Å²) in [6, 6.07) is 16.0. The summed E-state index contributed by atoms with van der Waals surface area (Å²) in [6.07, 6.45) is 6.56. The summed E-state index contributed by atoms with van der Waals surface area (Å²) in [4.78, 5) is 28.9. The number of aromatic hydroxyl groups is 1. The molecule has 2 aliphatic rings. The summed E-state index contributed by atoms with van der Waals surface area (Å²) in [5.41, 5.74) is 1.11. The molecule has 5 nitrogen and oxygen atoms in total. The van der Waals surface area contributed by atoms with Gasteiger partial charge in [-0.1, -0.05) is 50.1 Å². The van der Waals surface area contributed by atoms with E-state index >= 15 is 0 Å². The Morgan fingerprint density at radius 1 is 1.06 bits per heavy atom. The number of carbonyl (C=O) groups is 2. The van der Waals surface area contributed by atoms with Crippen LogP contribution in [0, 0.1) is 5.92 Å². The van der Waals surface area contributed by atoms with E-state index in [4.69, 9.17) is 4.74 Å². The van der Waals surface area contributed by atoms with Gasteiger partial charge in [-0.25, -0.2) is 4.79 Å². The van der Waals surface area contributed by atoms with E-state index in [0.717, 1.165) is 43.4 Å². The molecule has 4 rings (SSSR count). The van der Waals surface area contributed by atoms with E-state index in [-0.39, 0.29) is 23.9 Å². The minimum atomic E-state index is -0.882. The van der Waals surface area contributed by atoms with Crippen molar-refractivity contribution in [3.63, 3.8) is 0 Å². The maximum absolute atomic E-state index is 13.5. The molecule has 2 atom stereocenters. The smallest absolute Gasteiger partial charge is 0.337 e. The molecule has 0 radical (unpaired) electrons. The van der Waals surface area contributed by atoms with E-state index in [1.54, 1.807) is 12.1 Å². The van der Waals surface area contributed by atoms with Gasteiger partial charge in [-0.2, -0.15) is 0 Å². The highest BCUT2D eigenvalue weighted by atomic mass is 16.6. The lowest BCUT2D eigenvalue weighted by Gasteiger charge is -2.45. The van der Waals surface area contributed by atoms with Gasteiger partial charge in [-0.3, -0.25) is 4.79 Å². The summed E-state index contributed by atoms with van der Waals surface area (Å²) in [5, 5.41) is 9.82. The number of carbonyl (C=O) groups excluding carboxylic acids is 2. The number of nitrogens with zero attached hydrogens (tertiary/aromatic N) is 1. The zero-order chi connectivity index (χ0) is 22.6. The Balaban J connectivity index is 1.59. The van der Waals surface area contributed by atoms with E-state index in [9.17, 15) is 14.7 Å². The van der Waals surface area contributed by atoms with Crippen LogP contribution in [-0.2, 0) is 20.7 Å². The minimum absolute atomic E-state index is 0.0404. The predicted molar refractivity (Wildman–Crippen MR) is 125 cm³/mol. The summed E-state index contributed by atoms with van der Waals surface area (Å²) >= 11 is 0. The largest absolute Gasteiger partial charge is 0.508 e. The van der Waals surface area contributed by atoms with E-state index in [1.165, 1.54) is 0 Å². The highest BCUT2D eigenvalue weighted by molar-refractivity contribution is 6.08. The lowest BCUT2D eigenvalue weighted by molar-refractivity contribution is -0.181. The molecule has 0 amide bonds. The number of aryl methyl sites for hydroxylation is 1. The molecule has 2 aromatic rings. The molecule has 1 aliphatic carbocycles. The highest BCUT2D eigenvalue weighted by Gasteiger charge is 2.52. The molecule has 5 heteroatoms. The Labute approximate surface area is 190 Å². The number of benzene rings is 2. The lowest BCUT2D eigenvalue weighted by atomic mass is 9.75. The average Bonchev–Trinajstić information content (AvgIpc) is 3.33. The highest BCUT2D eigenvalue weighted by Crippen LogP contribution is 2.44. The Morgan fingerprint density at radius 3 is 2.47 bits per heavy atom. The number of ketones is 1. The van der Waals surface area contributed by atoms with Crippen molar-refractivity contribution in [1.82, 2.24) is 0 Å². The van der Waals surface area contributed by atoms with Crippen molar-refractivity contribution in [3.05, 3.63) is 60.2 Å². The quantitative estimate of drug-likeness (QED) is 0.464. The third-order valence-electron chi connectivity index (χ3n) is 7.02. The van der Waals surface area contributed by atoms with Crippen molar-refractivity contribution < 1.29 is 19.4 Å². The molecule has 2 aromatic carbocycles. The molecule has 1 unspecified atom stereocenters. The molecule has 0 spiro atoms. The second-order valence-electron chi connectivity index (χ2n) is 9.21. The molecule has 1 saturated heterocycles. The summed E-state index contributed by atoms with van der Waals surface area (Å²) in [5.74, 6) is -0.0139. The van der Waals surface area contributed by atoms with Crippen LogP contribution in [0.4, 0.5) is 5.69 Å². The van der Waals surface area contributed by atoms with E-state index in [0.29, 0.717) is 19.4 Å². The van der Waals surface area contributed by atoms with Crippen LogP contribution in [0.2, 0.25) is 0 Å². The maximum Gasteiger partial charge on any atom is 0.337 e. The van der Waals surface area contributed by atoms with Crippen molar-refractivity contribution in [1.29, 1.82) is 0 Å². The van der Waals surface area contributed by atoms with Crippen molar-refractivity contribution in [3.8, 4) is 5.75 Å². The SMILES string of the molecule is CCCN(c1ccccc1)C1C(=O)C[C@@](CCc2cccc(O)c2)(C2CCCC2)OC1=O. The predicted octanol–water partition coefficient (Wildman–Crippen LogP) is 5.06. The molecule has 32 heavy (non-hydrogen) atoms. The number of anilines is 1. The molecule has 0 bridgehead atoms. The first-order valence-corrected chi connectivity index (χ1v) is 11.9. The van der Waals surface area contributed by atoms with Crippen LogP contribution in [-0.4, -0.2) is 35.0 Å². The van der Waals surface area contributed by atoms with Crippen LogP contribution in [0.25, 0.3) is 0 Å². The van der Waals surface area contributed by atoms with Gasteiger partial charge in [0.2, 0.25) is 0 Å². The standard InChI is InChI=1S/C27H33NO4/c1-2-17-28(22-12-4-3-5-13-22)25-24(30)19-27(32-26(25)31,21-10-6-7-11-21)16-15-20-9-8-14-23(29)18-20/h3-5,8-9,12-14,18,21,25,29H,2,6-7,10-11,15-17,19H2,1H3/t25?,27-/m0/s1. The Bertz CT molecular complexity index is 918. The fourth-order valence-electron chi connectivity index (χ4n) is 5.47. The third-order valence-corrected chi connectivity index (χ3v) is 7.02. The monoisotopic (exact) mass is 435 g/mol. The summed E-state index contributed by atoms with van der Waals surface area (Å²) < 4.78 is 6.28. The fourth-order valence-corrected chi connectivity index (χ4v) is 5.47. The Morgan fingerprint density at radius 2 is 1.81 bits per heavy atom. The second-order valence-corrected chi connectivity index (χ2v) is 9.21. The molecule has 1 saturated carbocycles. The molecule has 1 aliphatic heterocycles. The molecule has 1 N–H and O–H groups in total. The fraction of sp³-hybridized carbons (Fsp3) is 0.481. The molecule has 170 valence electrons. The Hall–Kier alpha value is -2.82. The number of rotatable bonds is 8. The number of para-hydroxylation sites is 1. The van der Waals surface area contributed by atoms with Gasteiger partial charge in [0, 0.05) is 18.7 Å². The summed E-state index contributed by atoms with van der Waals surface area (Å²) in [7, 11) is 0. The van der Waals surface area contributed by atoms with Gasteiger partial charge in [0.1, 0.15) is 11.4 Å². The summed E-state index contributed by atoms with van der Waals surface area (Å²) in [6.45, 7) is 2.67. The number of hydrogen-bond donors (Lipinski definition) is 1. The van der Waals surface area contributed by atoms with E-state index < -0.39 is 17.6 Å².